The molecular weight excluding hydrogens is 338 g/mol. The smallest absolute Gasteiger partial charge is 0.277 e. The van der Waals surface area contributed by atoms with Crippen molar-refractivity contribution >= 4 is 17.4 Å². The van der Waals surface area contributed by atoms with E-state index in [2.05, 4.69) is 20.4 Å². The van der Waals surface area contributed by atoms with Crippen molar-refractivity contribution in [3.05, 3.63) is 46.1 Å². The first-order valence-electron chi connectivity index (χ1n) is 8.06. The number of carbonyl (C=O) groups is 1. The molecule has 9 nitrogen and oxygen atoms in total. The molecule has 134 valence electrons. The lowest BCUT2D eigenvalue weighted by atomic mass is 10.1. The number of carbonyl (C=O) groups excluding carboxylic acids is 1. The molecule has 1 aliphatic heterocycles. The quantitative estimate of drug-likeness (QED) is 0.735. The minimum atomic E-state index is -0.734. The first kappa shape index (κ1) is 16.1. The number of nitrogens with zero attached hydrogens (tertiary/aromatic N) is 3. The summed E-state index contributed by atoms with van der Waals surface area (Å²) >= 11 is 0. The Bertz CT molecular complexity index is 1080. The number of benzene rings is 1. The molecule has 0 atom stereocenters. The summed E-state index contributed by atoms with van der Waals surface area (Å²) in [4.78, 5) is 33.0. The lowest BCUT2D eigenvalue weighted by Crippen LogP contribution is -2.29. The van der Waals surface area contributed by atoms with Gasteiger partial charge in [0.15, 0.2) is 11.5 Å². The molecule has 1 aliphatic rings. The molecule has 3 heterocycles. The molecule has 0 unspecified atom stereocenters. The number of aromatic nitrogens is 4. The second kappa shape index (κ2) is 5.58. The molecule has 2 aromatic heterocycles. The van der Waals surface area contributed by atoms with E-state index in [0.717, 1.165) is 0 Å². The normalized spacial score (nSPS) is 14.6. The summed E-state index contributed by atoms with van der Waals surface area (Å²) in [5, 5.41) is 5.45. The van der Waals surface area contributed by atoms with Gasteiger partial charge in [0.2, 0.25) is 11.7 Å². The van der Waals surface area contributed by atoms with Gasteiger partial charge in [0.25, 0.3) is 11.3 Å². The minimum absolute atomic E-state index is 0.0977. The Labute approximate surface area is 148 Å². The van der Waals surface area contributed by atoms with Gasteiger partial charge in [-0.15, -0.1) is 0 Å². The largest absolute Gasteiger partial charge is 0.449 e. The van der Waals surface area contributed by atoms with E-state index in [0.29, 0.717) is 28.4 Å². The van der Waals surface area contributed by atoms with Gasteiger partial charge >= 0.3 is 0 Å². The Kier molecular flexibility index (Phi) is 3.46. The summed E-state index contributed by atoms with van der Waals surface area (Å²) in [5.74, 6) is 0.391. The first-order valence-corrected chi connectivity index (χ1v) is 8.06. The lowest BCUT2D eigenvalue weighted by Gasteiger charge is -2.16. The van der Waals surface area contributed by atoms with E-state index in [1.54, 1.807) is 39.0 Å². The molecule has 0 bridgehead atoms. The van der Waals surface area contributed by atoms with Crippen molar-refractivity contribution in [2.75, 3.05) is 5.32 Å². The predicted octanol–water partition coefficient (Wildman–Crippen LogP) is 1.41. The zero-order valence-corrected chi connectivity index (χ0v) is 14.5. The number of fused-ring (bicyclic) bond motifs is 2. The number of ether oxygens (including phenoxy) is 2. The third kappa shape index (κ3) is 2.77. The molecule has 0 aliphatic carbocycles. The van der Waals surface area contributed by atoms with Crippen LogP contribution in [0.3, 0.4) is 0 Å². The maximum atomic E-state index is 12.5. The van der Waals surface area contributed by atoms with E-state index in [9.17, 15) is 9.59 Å². The Balaban J connectivity index is 1.55. The van der Waals surface area contributed by atoms with Crippen LogP contribution in [0.15, 0.2) is 29.3 Å². The van der Waals surface area contributed by atoms with Gasteiger partial charge in [-0.25, -0.2) is 9.97 Å². The van der Waals surface area contributed by atoms with Crippen molar-refractivity contribution in [3.8, 4) is 11.5 Å². The summed E-state index contributed by atoms with van der Waals surface area (Å²) in [6.45, 7) is 5.29. The fourth-order valence-corrected chi connectivity index (χ4v) is 2.86. The molecule has 2 N–H and O–H groups in total. The van der Waals surface area contributed by atoms with Gasteiger partial charge in [0.05, 0.1) is 17.7 Å². The van der Waals surface area contributed by atoms with E-state index in [1.807, 2.05) is 0 Å². The third-order valence-electron chi connectivity index (χ3n) is 4.01. The molecule has 0 radical (unpaired) electrons. The molecule has 1 amide bonds. The number of hydrogen-bond donors (Lipinski definition) is 2. The van der Waals surface area contributed by atoms with Crippen LogP contribution in [0.4, 0.5) is 5.69 Å². The van der Waals surface area contributed by atoms with E-state index in [4.69, 9.17) is 9.47 Å². The topological polar surface area (TPSA) is 111 Å². The fourth-order valence-electron chi connectivity index (χ4n) is 2.86. The average Bonchev–Trinajstić information content (AvgIpc) is 3.13. The zero-order chi connectivity index (χ0) is 18.5. The van der Waals surface area contributed by atoms with Gasteiger partial charge in [-0.05, 0) is 19.1 Å². The first-order chi connectivity index (χ1) is 12.3. The van der Waals surface area contributed by atoms with E-state index < -0.39 is 5.79 Å². The van der Waals surface area contributed by atoms with Gasteiger partial charge in [-0.1, -0.05) is 0 Å². The van der Waals surface area contributed by atoms with Crippen molar-refractivity contribution in [2.24, 2.45) is 0 Å². The van der Waals surface area contributed by atoms with Crippen molar-refractivity contribution in [2.45, 2.75) is 33.0 Å². The van der Waals surface area contributed by atoms with Crippen LogP contribution in [0.5, 0.6) is 11.5 Å². The standard InChI is InChI=1S/C17H17N5O4/c1-9-11(15(24)22-16(20-9)18-8-19-22)7-14(23)21-10-4-5-12-13(6-10)26-17(2,3)25-12/h4-6,8H,7H2,1-3H3,(H,21,23)(H,18,19,20). The van der Waals surface area contributed by atoms with Crippen LogP contribution in [-0.2, 0) is 11.2 Å². The molecule has 0 spiro atoms. The SMILES string of the molecule is Cc1nc2nc[nH]n2c(=O)c1CC(=O)Nc1ccc2c(c1)OC(C)(C)O2. The molecule has 9 heteroatoms. The van der Waals surface area contributed by atoms with E-state index in [1.165, 1.54) is 10.8 Å². The highest BCUT2D eigenvalue weighted by Crippen LogP contribution is 2.40. The Morgan fingerprint density at radius 1 is 1.31 bits per heavy atom. The Hall–Kier alpha value is -3.36. The van der Waals surface area contributed by atoms with Gasteiger partial charge in [0, 0.05) is 25.6 Å². The van der Waals surface area contributed by atoms with Crippen LogP contribution in [0.25, 0.3) is 5.78 Å². The highest BCUT2D eigenvalue weighted by Gasteiger charge is 2.31. The van der Waals surface area contributed by atoms with Crippen molar-refractivity contribution in [1.82, 2.24) is 19.6 Å². The van der Waals surface area contributed by atoms with Crippen LogP contribution in [0, 0.1) is 6.92 Å². The van der Waals surface area contributed by atoms with Crippen LogP contribution >= 0.6 is 0 Å². The fraction of sp³-hybridized carbons (Fsp3) is 0.294. The third-order valence-corrected chi connectivity index (χ3v) is 4.01. The van der Waals surface area contributed by atoms with Crippen LogP contribution in [0.1, 0.15) is 25.1 Å². The molecule has 26 heavy (non-hydrogen) atoms. The number of H-pyrrole nitrogens is 1. The maximum absolute atomic E-state index is 12.5. The van der Waals surface area contributed by atoms with Gasteiger partial charge < -0.3 is 14.8 Å². The number of hydrogen-bond acceptors (Lipinski definition) is 6. The summed E-state index contributed by atoms with van der Waals surface area (Å²) in [6, 6.07) is 5.15. The number of amides is 1. The highest BCUT2D eigenvalue weighted by molar-refractivity contribution is 5.92. The number of rotatable bonds is 3. The highest BCUT2D eigenvalue weighted by atomic mass is 16.7. The van der Waals surface area contributed by atoms with Gasteiger partial charge in [0.1, 0.15) is 6.33 Å². The van der Waals surface area contributed by atoms with Gasteiger partial charge in [-0.3, -0.25) is 14.7 Å². The Morgan fingerprint density at radius 3 is 2.88 bits per heavy atom. The zero-order valence-electron chi connectivity index (χ0n) is 14.5. The molecule has 4 rings (SSSR count). The average molecular weight is 355 g/mol. The maximum Gasteiger partial charge on any atom is 0.277 e. The number of anilines is 1. The number of nitrogens with one attached hydrogen (secondary N) is 2. The van der Waals surface area contributed by atoms with Crippen LogP contribution in [-0.4, -0.2) is 31.3 Å². The minimum Gasteiger partial charge on any atom is -0.449 e. The Morgan fingerprint density at radius 2 is 2.08 bits per heavy atom. The second-order valence-corrected chi connectivity index (χ2v) is 6.49. The summed E-state index contributed by atoms with van der Waals surface area (Å²) in [6.07, 6.45) is 1.28. The van der Waals surface area contributed by atoms with E-state index >= 15 is 0 Å². The van der Waals surface area contributed by atoms with E-state index in [-0.39, 0.29) is 23.7 Å². The molecule has 0 saturated heterocycles. The van der Waals surface area contributed by atoms with Crippen molar-refractivity contribution in [1.29, 1.82) is 0 Å². The van der Waals surface area contributed by atoms with Crippen molar-refractivity contribution in [3.63, 3.8) is 0 Å². The number of aryl methyl sites for hydroxylation is 1. The number of aromatic amines is 1. The van der Waals surface area contributed by atoms with Crippen molar-refractivity contribution < 1.29 is 14.3 Å². The summed E-state index contributed by atoms with van der Waals surface area (Å²) in [7, 11) is 0. The van der Waals surface area contributed by atoms with Gasteiger partial charge in [-0.2, -0.15) is 4.52 Å². The second-order valence-electron chi connectivity index (χ2n) is 6.49. The molecule has 0 fully saturated rings. The molecule has 1 aromatic carbocycles. The molecule has 3 aromatic rings. The summed E-state index contributed by atoms with van der Waals surface area (Å²) < 4.78 is 12.5. The summed E-state index contributed by atoms with van der Waals surface area (Å²) in [5.41, 5.74) is 1.01. The molecule has 0 saturated carbocycles. The van der Waals surface area contributed by atoms with Crippen LogP contribution in [0.2, 0.25) is 0 Å². The lowest BCUT2D eigenvalue weighted by molar-refractivity contribution is -0.115. The monoisotopic (exact) mass is 355 g/mol. The van der Waals surface area contributed by atoms with Crippen LogP contribution < -0.4 is 20.3 Å². The predicted molar refractivity (Wildman–Crippen MR) is 92.5 cm³/mol. The molecular formula is C17H17N5O4.